The summed E-state index contributed by atoms with van der Waals surface area (Å²) in [5.74, 6) is 0.177. The molecule has 1 saturated heterocycles. The van der Waals surface area contributed by atoms with Gasteiger partial charge in [-0.3, -0.25) is 14.4 Å². The minimum absolute atomic E-state index is 0.0290. The summed E-state index contributed by atoms with van der Waals surface area (Å²) in [6.45, 7) is 4.71. The number of ketones is 1. The van der Waals surface area contributed by atoms with Gasteiger partial charge in [-0.2, -0.15) is 0 Å². The number of hydrogen-bond donors (Lipinski definition) is 1. The molecule has 0 spiro atoms. The molecule has 1 aromatic rings. The van der Waals surface area contributed by atoms with Crippen LogP contribution < -0.4 is 0 Å². The van der Waals surface area contributed by atoms with Crippen LogP contribution in [0.5, 0.6) is 0 Å². The third kappa shape index (κ3) is 2.85. The number of likely N-dealkylation sites (tertiary alicyclic amines) is 1. The van der Waals surface area contributed by atoms with E-state index in [4.69, 9.17) is 0 Å². The van der Waals surface area contributed by atoms with E-state index >= 15 is 0 Å². The Morgan fingerprint density at radius 2 is 1.88 bits per heavy atom. The fourth-order valence-electron chi connectivity index (χ4n) is 3.86. The van der Waals surface area contributed by atoms with Crippen molar-refractivity contribution >= 4 is 17.6 Å². The number of piperidine rings is 1. The molecule has 1 aromatic heterocycles. The number of nitrogens with one attached hydrogen (secondary N) is 1. The fraction of sp³-hybridized carbons (Fsp3) is 0.611. The first-order valence-corrected chi connectivity index (χ1v) is 8.67. The van der Waals surface area contributed by atoms with Gasteiger partial charge in [-0.1, -0.05) is 0 Å². The summed E-state index contributed by atoms with van der Waals surface area (Å²) in [7, 11) is 1.82. The lowest BCUT2D eigenvalue weighted by Crippen LogP contribution is -2.47. The molecule has 6 nitrogen and oxygen atoms in total. The molecule has 0 aromatic carbocycles. The molecular weight excluding hydrogens is 306 g/mol. The second-order valence-corrected chi connectivity index (χ2v) is 6.91. The number of carbonyl (C=O) groups excluding carboxylic acids is 3. The first kappa shape index (κ1) is 16.7. The largest absolute Gasteiger partial charge is 0.354 e. The van der Waals surface area contributed by atoms with Gasteiger partial charge in [0.25, 0.3) is 5.91 Å². The molecule has 0 atom stereocenters. The molecule has 1 fully saturated rings. The van der Waals surface area contributed by atoms with E-state index in [0.29, 0.717) is 25.2 Å². The average Bonchev–Trinajstić information content (AvgIpc) is 2.91. The van der Waals surface area contributed by atoms with E-state index in [9.17, 15) is 14.4 Å². The Kier molecular flexibility index (Phi) is 4.47. The number of fused-ring (bicyclic) bond motifs is 1. The van der Waals surface area contributed by atoms with Crippen LogP contribution in [0.25, 0.3) is 0 Å². The fourth-order valence-corrected chi connectivity index (χ4v) is 3.86. The van der Waals surface area contributed by atoms with Crippen LogP contribution in [0.1, 0.15) is 64.7 Å². The van der Waals surface area contributed by atoms with Gasteiger partial charge in [0.2, 0.25) is 5.91 Å². The molecule has 3 rings (SSSR count). The second-order valence-electron chi connectivity index (χ2n) is 6.91. The molecule has 2 amide bonds. The van der Waals surface area contributed by atoms with Crippen molar-refractivity contribution in [3.63, 3.8) is 0 Å². The van der Waals surface area contributed by atoms with Crippen molar-refractivity contribution in [1.82, 2.24) is 14.8 Å². The molecule has 0 unspecified atom stereocenters. The Hall–Kier alpha value is -2.11. The van der Waals surface area contributed by atoms with Gasteiger partial charge in [0, 0.05) is 50.8 Å². The number of aromatic amines is 1. The quantitative estimate of drug-likeness (QED) is 0.900. The monoisotopic (exact) mass is 331 g/mol. The Balaban J connectivity index is 1.73. The number of amides is 2. The van der Waals surface area contributed by atoms with Gasteiger partial charge in [0.05, 0.1) is 0 Å². The summed E-state index contributed by atoms with van der Waals surface area (Å²) >= 11 is 0. The van der Waals surface area contributed by atoms with Gasteiger partial charge in [-0.05, 0) is 38.2 Å². The van der Waals surface area contributed by atoms with Crippen LogP contribution in [-0.4, -0.2) is 58.6 Å². The minimum Gasteiger partial charge on any atom is -0.354 e. The smallest absolute Gasteiger partial charge is 0.270 e. The molecule has 0 bridgehead atoms. The Morgan fingerprint density at radius 3 is 2.46 bits per heavy atom. The van der Waals surface area contributed by atoms with Crippen molar-refractivity contribution < 1.29 is 14.4 Å². The van der Waals surface area contributed by atoms with Gasteiger partial charge >= 0.3 is 0 Å². The summed E-state index contributed by atoms with van der Waals surface area (Å²) in [5.41, 5.74) is 3.00. The summed E-state index contributed by atoms with van der Waals surface area (Å²) in [6.07, 6.45) is 3.84. The first-order valence-electron chi connectivity index (χ1n) is 8.67. The van der Waals surface area contributed by atoms with E-state index in [1.807, 2.05) is 18.9 Å². The van der Waals surface area contributed by atoms with Crippen LogP contribution >= 0.6 is 0 Å². The number of aryl methyl sites for hydroxylation is 1. The van der Waals surface area contributed by atoms with Crippen LogP contribution in [0.2, 0.25) is 0 Å². The molecular formula is C18H25N3O3. The molecule has 24 heavy (non-hydrogen) atoms. The summed E-state index contributed by atoms with van der Waals surface area (Å²) < 4.78 is 0. The Labute approximate surface area is 142 Å². The summed E-state index contributed by atoms with van der Waals surface area (Å²) in [6, 6.07) is 0.200. The van der Waals surface area contributed by atoms with Crippen molar-refractivity contribution in [2.45, 2.75) is 52.0 Å². The minimum atomic E-state index is -0.0290. The van der Waals surface area contributed by atoms with E-state index < -0.39 is 0 Å². The standard InChI is InChI=1S/C18H25N3O3/c1-11-16-14(5-4-6-15(16)23)19-17(11)18(24)21-9-7-13(8-10-21)20(3)12(2)22/h13,19H,4-10H2,1-3H3. The van der Waals surface area contributed by atoms with Gasteiger partial charge in [0.1, 0.15) is 5.69 Å². The molecule has 0 radical (unpaired) electrons. The van der Waals surface area contributed by atoms with Crippen molar-refractivity contribution in [2.24, 2.45) is 0 Å². The number of H-pyrrole nitrogens is 1. The highest BCUT2D eigenvalue weighted by Crippen LogP contribution is 2.28. The average molecular weight is 331 g/mol. The molecule has 2 heterocycles. The Bertz CT molecular complexity index is 684. The molecule has 6 heteroatoms. The lowest BCUT2D eigenvalue weighted by atomic mass is 9.93. The zero-order chi connectivity index (χ0) is 17.4. The van der Waals surface area contributed by atoms with E-state index in [1.54, 1.807) is 11.8 Å². The lowest BCUT2D eigenvalue weighted by Gasteiger charge is -2.36. The van der Waals surface area contributed by atoms with Crippen LogP contribution in [0, 0.1) is 6.92 Å². The normalized spacial score (nSPS) is 18.5. The maximum absolute atomic E-state index is 12.9. The number of carbonyl (C=O) groups is 3. The van der Waals surface area contributed by atoms with Gasteiger partial charge in [-0.25, -0.2) is 0 Å². The van der Waals surface area contributed by atoms with Crippen LogP contribution in [0.3, 0.4) is 0 Å². The Morgan fingerprint density at radius 1 is 1.21 bits per heavy atom. The van der Waals surface area contributed by atoms with Crippen molar-refractivity contribution in [1.29, 1.82) is 0 Å². The van der Waals surface area contributed by atoms with Crippen molar-refractivity contribution in [2.75, 3.05) is 20.1 Å². The lowest BCUT2D eigenvalue weighted by molar-refractivity contribution is -0.130. The number of rotatable bonds is 2. The highest BCUT2D eigenvalue weighted by molar-refractivity contribution is 6.04. The van der Waals surface area contributed by atoms with Crippen LogP contribution in [0.15, 0.2) is 0 Å². The number of nitrogens with zero attached hydrogens (tertiary/aromatic N) is 2. The molecule has 1 N–H and O–H groups in total. The van der Waals surface area contributed by atoms with Gasteiger partial charge < -0.3 is 14.8 Å². The second kappa shape index (κ2) is 6.42. The molecule has 1 aliphatic heterocycles. The molecule has 130 valence electrons. The van der Waals surface area contributed by atoms with E-state index in [-0.39, 0.29) is 23.6 Å². The zero-order valence-electron chi connectivity index (χ0n) is 14.6. The van der Waals surface area contributed by atoms with Gasteiger partial charge in [-0.15, -0.1) is 0 Å². The number of Topliss-reactive ketones (excluding diaryl/α,β-unsaturated/α-hetero) is 1. The highest BCUT2D eigenvalue weighted by Gasteiger charge is 2.31. The van der Waals surface area contributed by atoms with Crippen molar-refractivity contribution in [3.05, 3.63) is 22.5 Å². The van der Waals surface area contributed by atoms with Crippen molar-refractivity contribution in [3.8, 4) is 0 Å². The number of hydrogen-bond acceptors (Lipinski definition) is 3. The molecule has 2 aliphatic rings. The maximum Gasteiger partial charge on any atom is 0.270 e. The zero-order valence-corrected chi connectivity index (χ0v) is 14.6. The van der Waals surface area contributed by atoms with Gasteiger partial charge in [0.15, 0.2) is 5.78 Å². The predicted molar refractivity (Wildman–Crippen MR) is 90.2 cm³/mol. The van der Waals surface area contributed by atoms with E-state index in [2.05, 4.69) is 4.98 Å². The highest BCUT2D eigenvalue weighted by atomic mass is 16.2. The summed E-state index contributed by atoms with van der Waals surface area (Å²) in [5, 5.41) is 0. The maximum atomic E-state index is 12.9. The van der Waals surface area contributed by atoms with E-state index in [1.165, 1.54) is 0 Å². The van der Waals surface area contributed by atoms with Crippen LogP contribution in [0.4, 0.5) is 0 Å². The SMILES string of the molecule is CC(=O)N(C)C1CCN(C(=O)c2[nH]c3c(c2C)C(=O)CCC3)CC1. The number of aromatic nitrogens is 1. The topological polar surface area (TPSA) is 73.5 Å². The first-order chi connectivity index (χ1) is 11.4. The third-order valence-corrected chi connectivity index (χ3v) is 5.45. The summed E-state index contributed by atoms with van der Waals surface area (Å²) in [4.78, 5) is 43.3. The van der Waals surface area contributed by atoms with Crippen LogP contribution in [-0.2, 0) is 11.2 Å². The molecule has 0 saturated carbocycles. The predicted octanol–water partition coefficient (Wildman–Crippen LogP) is 1.93. The third-order valence-electron chi connectivity index (χ3n) is 5.45. The molecule has 1 aliphatic carbocycles. The van der Waals surface area contributed by atoms with E-state index in [0.717, 1.165) is 42.5 Å².